The second-order valence-corrected chi connectivity index (χ2v) is 8.92. The number of carbonyl (C=O) groups is 2. The Morgan fingerprint density at radius 1 is 0.968 bits per heavy atom. The Labute approximate surface area is 185 Å². The lowest BCUT2D eigenvalue weighted by Gasteiger charge is -2.24. The zero-order chi connectivity index (χ0) is 22.2. The summed E-state index contributed by atoms with van der Waals surface area (Å²) in [6, 6.07) is 12.1. The Balaban J connectivity index is 1.43. The molecule has 1 atom stereocenters. The van der Waals surface area contributed by atoms with Crippen LogP contribution in [0.5, 0.6) is 0 Å². The Hall–Kier alpha value is -2.45. The number of hydrogen-bond donors (Lipinski definition) is 1. The summed E-state index contributed by atoms with van der Waals surface area (Å²) in [6.07, 6.45) is 0.870. The second kappa shape index (κ2) is 11.2. The van der Waals surface area contributed by atoms with E-state index in [1.807, 2.05) is 11.8 Å². The van der Waals surface area contributed by atoms with E-state index in [0.29, 0.717) is 18.8 Å². The van der Waals surface area contributed by atoms with Crippen LogP contribution in [-0.2, 0) is 16.1 Å². The number of rotatable bonds is 7. The van der Waals surface area contributed by atoms with Gasteiger partial charge in [0.2, 0.25) is 11.8 Å². The first-order valence-electron chi connectivity index (χ1n) is 10.3. The summed E-state index contributed by atoms with van der Waals surface area (Å²) in [4.78, 5) is 29.1. The van der Waals surface area contributed by atoms with Crippen LogP contribution in [0.1, 0.15) is 18.9 Å². The molecule has 3 rings (SSSR count). The molecule has 166 valence electrons. The standard InChI is InChI=1S/C23H27F2N3O2S/c1-17(31-16-22(29)26-21-9-7-20(25)8-10-21)23(30)28-12-2-11-27(13-14-28)15-18-3-5-19(24)6-4-18/h3-10,17H,2,11-16H2,1H3,(H,26,29). The van der Waals surface area contributed by atoms with Crippen LogP contribution in [0.15, 0.2) is 48.5 Å². The smallest absolute Gasteiger partial charge is 0.235 e. The summed E-state index contributed by atoms with van der Waals surface area (Å²) in [7, 11) is 0. The lowest BCUT2D eigenvalue weighted by atomic mass is 10.2. The number of nitrogens with one attached hydrogen (secondary N) is 1. The molecule has 1 N–H and O–H groups in total. The average molecular weight is 448 g/mol. The quantitative estimate of drug-likeness (QED) is 0.702. The first-order valence-corrected chi connectivity index (χ1v) is 11.4. The van der Waals surface area contributed by atoms with Crippen LogP contribution in [0.3, 0.4) is 0 Å². The number of hydrogen-bond acceptors (Lipinski definition) is 4. The third kappa shape index (κ3) is 7.33. The van der Waals surface area contributed by atoms with Gasteiger partial charge in [0.05, 0.1) is 11.0 Å². The SMILES string of the molecule is CC(SCC(=O)Nc1ccc(F)cc1)C(=O)N1CCCN(Cc2ccc(F)cc2)CC1. The minimum Gasteiger partial charge on any atom is -0.340 e. The topological polar surface area (TPSA) is 52.7 Å². The molecule has 0 aromatic heterocycles. The van der Waals surface area contributed by atoms with E-state index in [1.165, 1.54) is 48.2 Å². The van der Waals surface area contributed by atoms with E-state index in [0.717, 1.165) is 31.6 Å². The first-order chi connectivity index (χ1) is 14.9. The fourth-order valence-corrected chi connectivity index (χ4v) is 4.22. The van der Waals surface area contributed by atoms with Crippen molar-refractivity contribution in [2.75, 3.05) is 37.2 Å². The summed E-state index contributed by atoms with van der Waals surface area (Å²) >= 11 is 1.29. The van der Waals surface area contributed by atoms with Gasteiger partial charge in [0, 0.05) is 38.4 Å². The van der Waals surface area contributed by atoms with Gasteiger partial charge in [-0.15, -0.1) is 11.8 Å². The van der Waals surface area contributed by atoms with Crippen molar-refractivity contribution in [3.05, 3.63) is 65.7 Å². The number of halogens is 2. The fraction of sp³-hybridized carbons (Fsp3) is 0.391. The molecular formula is C23H27F2N3O2S. The lowest BCUT2D eigenvalue weighted by Crippen LogP contribution is -2.39. The van der Waals surface area contributed by atoms with Gasteiger partial charge < -0.3 is 10.2 Å². The van der Waals surface area contributed by atoms with Crippen LogP contribution in [0.4, 0.5) is 14.5 Å². The summed E-state index contributed by atoms with van der Waals surface area (Å²) in [5, 5.41) is 2.37. The van der Waals surface area contributed by atoms with E-state index in [-0.39, 0.29) is 34.5 Å². The maximum atomic E-state index is 13.1. The largest absolute Gasteiger partial charge is 0.340 e. The van der Waals surface area contributed by atoms with Crippen molar-refractivity contribution in [2.45, 2.75) is 25.1 Å². The molecule has 2 amide bonds. The zero-order valence-corrected chi connectivity index (χ0v) is 18.3. The number of benzene rings is 2. The third-order valence-electron chi connectivity index (χ3n) is 5.16. The van der Waals surface area contributed by atoms with Gasteiger partial charge in [-0.2, -0.15) is 0 Å². The molecule has 1 fully saturated rings. The van der Waals surface area contributed by atoms with Gasteiger partial charge in [-0.25, -0.2) is 8.78 Å². The summed E-state index contributed by atoms with van der Waals surface area (Å²) in [5.41, 5.74) is 1.58. The molecule has 0 spiro atoms. The molecule has 1 saturated heterocycles. The van der Waals surface area contributed by atoms with Gasteiger partial charge >= 0.3 is 0 Å². The van der Waals surface area contributed by atoms with E-state index >= 15 is 0 Å². The van der Waals surface area contributed by atoms with Crippen molar-refractivity contribution >= 4 is 29.3 Å². The van der Waals surface area contributed by atoms with Crippen LogP contribution in [0.2, 0.25) is 0 Å². The predicted molar refractivity (Wildman–Crippen MR) is 120 cm³/mol. The molecule has 5 nitrogen and oxygen atoms in total. The molecular weight excluding hydrogens is 420 g/mol. The highest BCUT2D eigenvalue weighted by atomic mass is 32.2. The van der Waals surface area contributed by atoms with Gasteiger partial charge in [-0.3, -0.25) is 14.5 Å². The highest BCUT2D eigenvalue weighted by molar-refractivity contribution is 8.01. The number of anilines is 1. The molecule has 2 aromatic carbocycles. The minimum absolute atomic E-state index is 0.0308. The molecule has 31 heavy (non-hydrogen) atoms. The normalized spacial score (nSPS) is 15.9. The molecule has 0 bridgehead atoms. The van der Waals surface area contributed by atoms with E-state index in [4.69, 9.17) is 0 Å². The van der Waals surface area contributed by atoms with E-state index in [2.05, 4.69) is 10.2 Å². The fourth-order valence-electron chi connectivity index (χ4n) is 3.46. The predicted octanol–water partition coefficient (Wildman–Crippen LogP) is 3.76. The molecule has 1 unspecified atom stereocenters. The first kappa shape index (κ1) is 23.2. The Morgan fingerprint density at radius 3 is 2.29 bits per heavy atom. The highest BCUT2D eigenvalue weighted by Gasteiger charge is 2.24. The molecule has 8 heteroatoms. The highest BCUT2D eigenvalue weighted by Crippen LogP contribution is 2.17. The van der Waals surface area contributed by atoms with E-state index < -0.39 is 0 Å². The van der Waals surface area contributed by atoms with Crippen LogP contribution in [0, 0.1) is 11.6 Å². The van der Waals surface area contributed by atoms with Crippen molar-refractivity contribution < 1.29 is 18.4 Å². The van der Waals surface area contributed by atoms with Crippen molar-refractivity contribution in [3.63, 3.8) is 0 Å². The number of carbonyl (C=O) groups excluding carboxylic acids is 2. The minimum atomic E-state index is -0.361. The van der Waals surface area contributed by atoms with Crippen LogP contribution < -0.4 is 5.32 Å². The molecule has 1 heterocycles. The summed E-state index contributed by atoms with van der Waals surface area (Å²) in [5.74, 6) is -0.648. The molecule has 1 aliphatic heterocycles. The number of amides is 2. The zero-order valence-electron chi connectivity index (χ0n) is 17.5. The third-order valence-corrected chi connectivity index (χ3v) is 6.29. The lowest BCUT2D eigenvalue weighted by molar-refractivity contribution is -0.130. The maximum Gasteiger partial charge on any atom is 0.235 e. The average Bonchev–Trinajstić information content (AvgIpc) is 3.00. The van der Waals surface area contributed by atoms with Crippen molar-refractivity contribution in [1.29, 1.82) is 0 Å². The van der Waals surface area contributed by atoms with Gasteiger partial charge in [0.1, 0.15) is 11.6 Å². The van der Waals surface area contributed by atoms with E-state index in [9.17, 15) is 18.4 Å². The van der Waals surface area contributed by atoms with Gasteiger partial charge in [0.15, 0.2) is 0 Å². The Morgan fingerprint density at radius 2 is 1.61 bits per heavy atom. The van der Waals surface area contributed by atoms with Crippen LogP contribution in [0.25, 0.3) is 0 Å². The molecule has 2 aromatic rings. The van der Waals surface area contributed by atoms with Crippen LogP contribution >= 0.6 is 11.8 Å². The summed E-state index contributed by atoms with van der Waals surface area (Å²) < 4.78 is 26.0. The van der Waals surface area contributed by atoms with Crippen molar-refractivity contribution in [2.24, 2.45) is 0 Å². The van der Waals surface area contributed by atoms with Gasteiger partial charge in [0.25, 0.3) is 0 Å². The van der Waals surface area contributed by atoms with Gasteiger partial charge in [-0.1, -0.05) is 12.1 Å². The number of thioether (sulfide) groups is 1. The Kier molecular flexibility index (Phi) is 8.43. The number of nitrogens with zero attached hydrogens (tertiary/aromatic N) is 2. The molecule has 1 aliphatic rings. The monoisotopic (exact) mass is 447 g/mol. The maximum absolute atomic E-state index is 13.1. The second-order valence-electron chi connectivity index (χ2n) is 7.59. The van der Waals surface area contributed by atoms with Crippen molar-refractivity contribution in [3.8, 4) is 0 Å². The van der Waals surface area contributed by atoms with Crippen molar-refractivity contribution in [1.82, 2.24) is 9.80 Å². The van der Waals surface area contributed by atoms with E-state index in [1.54, 1.807) is 12.1 Å². The molecule has 0 radical (unpaired) electrons. The molecule has 0 saturated carbocycles. The van der Waals surface area contributed by atoms with Gasteiger partial charge in [-0.05, 0) is 55.3 Å². The summed E-state index contributed by atoms with van der Waals surface area (Å²) in [6.45, 7) is 5.50. The Bertz CT molecular complexity index is 877. The molecule has 0 aliphatic carbocycles. The van der Waals surface area contributed by atoms with Crippen LogP contribution in [-0.4, -0.2) is 58.8 Å².